The SMILES string of the molecule is N#Cc1ncc(C(F)F)c(Br)c1Br. The molecule has 68 valence electrons. The number of aromatic nitrogens is 1. The molecule has 1 aromatic heterocycles. The van der Waals surface area contributed by atoms with Crippen LogP contribution in [0, 0.1) is 11.3 Å². The van der Waals surface area contributed by atoms with Crippen LogP contribution in [-0.2, 0) is 0 Å². The van der Waals surface area contributed by atoms with Crippen LogP contribution in [0.25, 0.3) is 0 Å². The van der Waals surface area contributed by atoms with Crippen LogP contribution < -0.4 is 0 Å². The minimum Gasteiger partial charge on any atom is -0.244 e. The van der Waals surface area contributed by atoms with Gasteiger partial charge in [-0.25, -0.2) is 13.8 Å². The molecular formula is C7H2Br2F2N2. The van der Waals surface area contributed by atoms with Crippen molar-refractivity contribution in [2.24, 2.45) is 0 Å². The third-order valence-corrected chi connectivity index (χ3v) is 3.49. The highest BCUT2D eigenvalue weighted by molar-refractivity contribution is 9.13. The summed E-state index contributed by atoms with van der Waals surface area (Å²) in [7, 11) is 0. The minimum absolute atomic E-state index is 0.0799. The molecule has 0 bridgehead atoms. The molecule has 1 rings (SSSR count). The first-order chi connectivity index (χ1) is 6.07. The number of rotatable bonds is 1. The topological polar surface area (TPSA) is 36.7 Å². The second-order valence-electron chi connectivity index (χ2n) is 2.10. The molecule has 0 fully saturated rings. The van der Waals surface area contributed by atoms with E-state index in [2.05, 4.69) is 36.8 Å². The van der Waals surface area contributed by atoms with Crippen molar-refractivity contribution < 1.29 is 8.78 Å². The molecule has 0 amide bonds. The van der Waals surface area contributed by atoms with Gasteiger partial charge in [-0.05, 0) is 31.9 Å². The molecule has 13 heavy (non-hydrogen) atoms. The van der Waals surface area contributed by atoms with E-state index in [1.54, 1.807) is 6.07 Å². The Morgan fingerprint density at radius 2 is 2.00 bits per heavy atom. The molecule has 0 aliphatic carbocycles. The average molecular weight is 312 g/mol. The van der Waals surface area contributed by atoms with E-state index < -0.39 is 6.43 Å². The average Bonchev–Trinajstić information content (AvgIpc) is 2.09. The maximum absolute atomic E-state index is 12.3. The van der Waals surface area contributed by atoms with Crippen molar-refractivity contribution in [2.75, 3.05) is 0 Å². The van der Waals surface area contributed by atoms with Gasteiger partial charge in [-0.1, -0.05) is 0 Å². The van der Waals surface area contributed by atoms with Crippen molar-refractivity contribution >= 4 is 31.9 Å². The predicted molar refractivity (Wildman–Crippen MR) is 49.3 cm³/mol. The van der Waals surface area contributed by atoms with Crippen molar-refractivity contribution in [1.82, 2.24) is 4.98 Å². The Balaban J connectivity index is 3.33. The molecule has 1 aromatic rings. The molecule has 0 aromatic carbocycles. The van der Waals surface area contributed by atoms with Crippen molar-refractivity contribution in [2.45, 2.75) is 6.43 Å². The lowest BCUT2D eigenvalue weighted by molar-refractivity contribution is 0.150. The number of alkyl halides is 2. The van der Waals surface area contributed by atoms with Crippen molar-refractivity contribution in [3.8, 4) is 6.07 Å². The quantitative estimate of drug-likeness (QED) is 0.797. The van der Waals surface area contributed by atoms with Crippen LogP contribution in [0.5, 0.6) is 0 Å². The summed E-state index contributed by atoms with van der Waals surface area (Å²) in [5.74, 6) is 0. The first-order valence-electron chi connectivity index (χ1n) is 3.10. The normalized spacial score (nSPS) is 10.2. The molecule has 6 heteroatoms. The third kappa shape index (κ3) is 2.03. The Morgan fingerprint density at radius 3 is 2.46 bits per heavy atom. The van der Waals surface area contributed by atoms with Crippen molar-refractivity contribution in [3.63, 3.8) is 0 Å². The zero-order valence-corrected chi connectivity index (χ0v) is 9.23. The second kappa shape index (κ2) is 4.11. The van der Waals surface area contributed by atoms with Gasteiger partial charge in [-0.3, -0.25) is 0 Å². The fourth-order valence-corrected chi connectivity index (χ4v) is 1.59. The zero-order valence-electron chi connectivity index (χ0n) is 6.06. The Morgan fingerprint density at radius 1 is 1.38 bits per heavy atom. The van der Waals surface area contributed by atoms with Crippen LogP contribution in [0.1, 0.15) is 17.7 Å². The van der Waals surface area contributed by atoms with E-state index in [9.17, 15) is 8.78 Å². The lowest BCUT2D eigenvalue weighted by atomic mass is 10.2. The van der Waals surface area contributed by atoms with Crippen LogP contribution >= 0.6 is 31.9 Å². The molecule has 0 spiro atoms. The Hall–Kier alpha value is -0.540. The molecule has 0 atom stereocenters. The number of halogens is 4. The standard InChI is InChI=1S/C7H2Br2F2N2/c8-5-3(7(10)11)2-13-4(1-12)6(5)9/h2,7H. The number of nitriles is 1. The van der Waals surface area contributed by atoms with Gasteiger partial charge in [0, 0.05) is 10.7 Å². The highest BCUT2D eigenvalue weighted by Crippen LogP contribution is 2.33. The van der Waals surface area contributed by atoms with Crippen LogP contribution in [0.4, 0.5) is 8.78 Å². The van der Waals surface area contributed by atoms with Gasteiger partial charge in [0.1, 0.15) is 6.07 Å². The Kier molecular flexibility index (Phi) is 3.33. The maximum atomic E-state index is 12.3. The first kappa shape index (κ1) is 10.5. The fourth-order valence-electron chi connectivity index (χ4n) is 0.708. The van der Waals surface area contributed by atoms with E-state index in [1.165, 1.54) is 0 Å². The fraction of sp³-hybridized carbons (Fsp3) is 0.143. The minimum atomic E-state index is -2.61. The van der Waals surface area contributed by atoms with E-state index >= 15 is 0 Å². The van der Waals surface area contributed by atoms with Gasteiger partial charge in [0.05, 0.1) is 10.0 Å². The Labute approximate surface area is 89.8 Å². The summed E-state index contributed by atoms with van der Waals surface area (Å²) in [6.45, 7) is 0. The molecule has 0 unspecified atom stereocenters. The zero-order chi connectivity index (χ0) is 10.0. The molecule has 0 saturated carbocycles. The number of nitrogens with zero attached hydrogens (tertiary/aromatic N) is 2. The molecule has 0 N–H and O–H groups in total. The molecule has 1 heterocycles. The van der Waals surface area contributed by atoms with Gasteiger partial charge in [-0.2, -0.15) is 5.26 Å². The first-order valence-corrected chi connectivity index (χ1v) is 4.68. The molecular weight excluding hydrogens is 310 g/mol. The molecule has 0 aliphatic rings. The van der Waals surface area contributed by atoms with Gasteiger partial charge in [0.25, 0.3) is 6.43 Å². The molecule has 0 aliphatic heterocycles. The van der Waals surface area contributed by atoms with Crippen LogP contribution in [-0.4, -0.2) is 4.98 Å². The van der Waals surface area contributed by atoms with Gasteiger partial charge < -0.3 is 0 Å². The van der Waals surface area contributed by atoms with E-state index in [4.69, 9.17) is 5.26 Å². The summed E-state index contributed by atoms with van der Waals surface area (Å²) in [6, 6.07) is 1.77. The summed E-state index contributed by atoms with van der Waals surface area (Å²) in [4.78, 5) is 3.56. The second-order valence-corrected chi connectivity index (χ2v) is 3.69. The summed E-state index contributed by atoms with van der Waals surface area (Å²) in [5, 5.41) is 8.52. The smallest absolute Gasteiger partial charge is 0.244 e. The van der Waals surface area contributed by atoms with Crippen molar-refractivity contribution in [3.05, 3.63) is 26.4 Å². The highest BCUT2D eigenvalue weighted by atomic mass is 79.9. The summed E-state index contributed by atoms with van der Waals surface area (Å²) in [5.41, 5.74) is -0.151. The Bertz CT molecular complexity index is 373. The van der Waals surface area contributed by atoms with Gasteiger partial charge in [-0.15, -0.1) is 0 Å². The lowest BCUT2D eigenvalue weighted by Crippen LogP contribution is -1.93. The summed E-state index contributed by atoms with van der Waals surface area (Å²) >= 11 is 5.95. The molecule has 2 nitrogen and oxygen atoms in total. The van der Waals surface area contributed by atoms with Crippen LogP contribution in [0.2, 0.25) is 0 Å². The van der Waals surface area contributed by atoms with E-state index in [1.807, 2.05) is 0 Å². The third-order valence-electron chi connectivity index (χ3n) is 1.33. The maximum Gasteiger partial charge on any atom is 0.266 e. The summed E-state index contributed by atoms with van der Waals surface area (Å²) < 4.78 is 25.0. The highest BCUT2D eigenvalue weighted by Gasteiger charge is 2.16. The number of hydrogen-bond donors (Lipinski definition) is 0. The van der Waals surface area contributed by atoms with Gasteiger partial charge in [0.2, 0.25) is 0 Å². The largest absolute Gasteiger partial charge is 0.266 e. The van der Waals surface area contributed by atoms with E-state index in [0.717, 1.165) is 6.20 Å². The van der Waals surface area contributed by atoms with Gasteiger partial charge >= 0.3 is 0 Å². The summed E-state index contributed by atoms with van der Waals surface area (Å²) in [6.07, 6.45) is -1.62. The van der Waals surface area contributed by atoms with Crippen LogP contribution in [0.15, 0.2) is 15.1 Å². The number of hydrogen-bond acceptors (Lipinski definition) is 2. The lowest BCUT2D eigenvalue weighted by Gasteiger charge is -2.04. The molecule has 0 saturated heterocycles. The predicted octanol–water partition coefficient (Wildman–Crippen LogP) is 3.42. The monoisotopic (exact) mass is 310 g/mol. The van der Waals surface area contributed by atoms with E-state index in [-0.39, 0.29) is 20.2 Å². The van der Waals surface area contributed by atoms with Gasteiger partial charge in [0.15, 0.2) is 5.69 Å². The molecule has 0 radical (unpaired) electrons. The van der Waals surface area contributed by atoms with Crippen LogP contribution in [0.3, 0.4) is 0 Å². The van der Waals surface area contributed by atoms with E-state index in [0.29, 0.717) is 0 Å². The van der Waals surface area contributed by atoms with Crippen molar-refractivity contribution in [1.29, 1.82) is 5.26 Å². The number of pyridine rings is 1.